The van der Waals surface area contributed by atoms with Gasteiger partial charge in [0.05, 0.1) is 23.6 Å². The molecular formula is C19H23ClN4O. The topological polar surface area (TPSA) is 52.0 Å². The first-order valence-corrected chi connectivity index (χ1v) is 9.28. The van der Waals surface area contributed by atoms with Crippen molar-refractivity contribution < 1.29 is 4.74 Å². The second-order valence-corrected chi connectivity index (χ2v) is 7.38. The summed E-state index contributed by atoms with van der Waals surface area (Å²) in [6.45, 7) is 5.88. The van der Waals surface area contributed by atoms with Gasteiger partial charge in [0.15, 0.2) is 0 Å². The molecule has 1 aliphatic carbocycles. The van der Waals surface area contributed by atoms with Gasteiger partial charge in [-0.2, -0.15) is 5.10 Å². The van der Waals surface area contributed by atoms with Crippen molar-refractivity contribution >= 4 is 22.3 Å². The van der Waals surface area contributed by atoms with Gasteiger partial charge in [0.1, 0.15) is 0 Å². The molecule has 0 spiro atoms. The van der Waals surface area contributed by atoms with Crippen LogP contribution >= 0.6 is 11.6 Å². The summed E-state index contributed by atoms with van der Waals surface area (Å²) in [7, 11) is 0. The molecule has 0 atom stereocenters. The summed E-state index contributed by atoms with van der Waals surface area (Å²) < 4.78 is 7.53. The van der Waals surface area contributed by atoms with Gasteiger partial charge < -0.3 is 10.1 Å². The van der Waals surface area contributed by atoms with Crippen LogP contribution in [-0.4, -0.2) is 34.0 Å². The Morgan fingerprint density at radius 3 is 2.84 bits per heavy atom. The maximum Gasteiger partial charge on any atom is 0.0569 e. The van der Waals surface area contributed by atoms with Crippen LogP contribution in [0, 0.1) is 0 Å². The van der Waals surface area contributed by atoms with Gasteiger partial charge >= 0.3 is 0 Å². The molecule has 2 aliphatic rings. The number of rotatable bonds is 4. The molecule has 2 aromatic rings. The summed E-state index contributed by atoms with van der Waals surface area (Å²) in [6, 6.07) is 0.718. The lowest BCUT2D eigenvalue weighted by Crippen LogP contribution is -2.19. The second kappa shape index (κ2) is 6.81. The van der Waals surface area contributed by atoms with Crippen molar-refractivity contribution in [3.63, 3.8) is 0 Å². The lowest BCUT2D eigenvalue weighted by atomic mass is 10.0. The molecule has 0 bridgehead atoms. The van der Waals surface area contributed by atoms with Gasteiger partial charge in [-0.1, -0.05) is 17.7 Å². The Kier molecular flexibility index (Phi) is 4.52. The molecule has 0 radical (unpaired) electrons. The standard InChI is InChI=1S/C19H23ClN4O/c1-12(2)23-19-15(10-21-17-4-3-16(20)18(17)19)13-9-22-24(11-13)14-5-7-25-8-6-14/h3,9-12,14H,4-8H2,1-2H3,(H,21,23). The van der Waals surface area contributed by atoms with Crippen LogP contribution in [0.5, 0.6) is 0 Å². The molecule has 5 nitrogen and oxygen atoms in total. The van der Waals surface area contributed by atoms with Crippen molar-refractivity contribution in [2.45, 2.75) is 45.2 Å². The SMILES string of the molecule is CC(C)Nc1c(-c2cnn(C3CCOCC3)c2)cnc2c1C(Cl)=CC2. The summed E-state index contributed by atoms with van der Waals surface area (Å²) in [6.07, 6.45) is 10.8. The summed E-state index contributed by atoms with van der Waals surface area (Å²) >= 11 is 6.46. The molecule has 0 aromatic carbocycles. The van der Waals surface area contributed by atoms with E-state index in [1.165, 1.54) is 0 Å². The largest absolute Gasteiger partial charge is 0.382 e. The zero-order chi connectivity index (χ0) is 17.4. The van der Waals surface area contributed by atoms with Crippen LogP contribution in [0.3, 0.4) is 0 Å². The van der Waals surface area contributed by atoms with E-state index in [-0.39, 0.29) is 0 Å². The molecule has 6 heteroatoms. The molecule has 1 saturated heterocycles. The number of fused-ring (bicyclic) bond motifs is 1. The lowest BCUT2D eigenvalue weighted by Gasteiger charge is -2.22. The number of hydrogen-bond acceptors (Lipinski definition) is 4. The minimum atomic E-state index is 0.306. The average molecular weight is 359 g/mol. The van der Waals surface area contributed by atoms with E-state index in [2.05, 4.69) is 40.1 Å². The van der Waals surface area contributed by atoms with Gasteiger partial charge in [0.2, 0.25) is 0 Å². The van der Waals surface area contributed by atoms with Crippen LogP contribution in [0.15, 0.2) is 24.7 Å². The summed E-state index contributed by atoms with van der Waals surface area (Å²) in [5.74, 6) is 0. The third kappa shape index (κ3) is 3.18. The number of halogens is 1. The third-order valence-electron chi connectivity index (χ3n) is 4.78. The summed E-state index contributed by atoms with van der Waals surface area (Å²) in [4.78, 5) is 4.64. The molecule has 132 valence electrons. The smallest absolute Gasteiger partial charge is 0.0569 e. The maximum absolute atomic E-state index is 6.46. The van der Waals surface area contributed by atoms with Gasteiger partial charge in [-0.05, 0) is 26.7 Å². The van der Waals surface area contributed by atoms with Crippen LogP contribution in [0.1, 0.15) is 44.0 Å². The molecule has 3 heterocycles. The first-order chi connectivity index (χ1) is 12.1. The van der Waals surface area contributed by atoms with Crippen molar-refractivity contribution in [3.8, 4) is 11.1 Å². The molecule has 2 aromatic heterocycles. The van der Waals surface area contributed by atoms with Gasteiger partial charge in [0.25, 0.3) is 0 Å². The van der Waals surface area contributed by atoms with E-state index in [0.29, 0.717) is 12.1 Å². The molecule has 0 amide bonds. The third-order valence-corrected chi connectivity index (χ3v) is 5.12. The van der Waals surface area contributed by atoms with Gasteiger partial charge in [-0.3, -0.25) is 9.67 Å². The van der Waals surface area contributed by atoms with Gasteiger partial charge in [-0.25, -0.2) is 0 Å². The minimum absolute atomic E-state index is 0.306. The molecule has 0 saturated carbocycles. The number of nitrogens with one attached hydrogen (secondary N) is 1. The van der Waals surface area contributed by atoms with E-state index in [4.69, 9.17) is 16.3 Å². The van der Waals surface area contributed by atoms with Crippen LogP contribution in [0.2, 0.25) is 0 Å². The Morgan fingerprint density at radius 2 is 2.08 bits per heavy atom. The number of aromatic nitrogens is 3. The van der Waals surface area contributed by atoms with Crippen LogP contribution in [0.4, 0.5) is 5.69 Å². The number of ether oxygens (including phenoxy) is 1. The van der Waals surface area contributed by atoms with Crippen molar-refractivity contribution in [2.24, 2.45) is 0 Å². The van der Waals surface area contributed by atoms with Crippen molar-refractivity contribution in [1.82, 2.24) is 14.8 Å². The number of allylic oxidation sites excluding steroid dienone is 1. The summed E-state index contributed by atoms with van der Waals surface area (Å²) in [5, 5.41) is 8.96. The highest BCUT2D eigenvalue weighted by Crippen LogP contribution is 2.41. The number of nitrogens with zero attached hydrogens (tertiary/aromatic N) is 3. The van der Waals surface area contributed by atoms with E-state index >= 15 is 0 Å². The van der Waals surface area contributed by atoms with Crippen molar-refractivity contribution in [3.05, 3.63) is 35.9 Å². The zero-order valence-corrected chi connectivity index (χ0v) is 15.4. The van der Waals surface area contributed by atoms with Crippen LogP contribution in [-0.2, 0) is 11.2 Å². The molecule has 0 unspecified atom stereocenters. The monoisotopic (exact) mass is 358 g/mol. The number of pyridine rings is 1. The first kappa shape index (κ1) is 16.6. The van der Waals surface area contributed by atoms with Crippen molar-refractivity contribution in [1.29, 1.82) is 0 Å². The Bertz CT molecular complexity index is 806. The van der Waals surface area contributed by atoms with Gasteiger partial charge in [0, 0.05) is 59.8 Å². The first-order valence-electron chi connectivity index (χ1n) is 8.90. The molecule has 25 heavy (non-hydrogen) atoms. The predicted octanol–water partition coefficient (Wildman–Crippen LogP) is 4.25. The highest BCUT2D eigenvalue weighted by atomic mass is 35.5. The zero-order valence-electron chi connectivity index (χ0n) is 14.6. The van der Waals surface area contributed by atoms with Crippen molar-refractivity contribution in [2.75, 3.05) is 18.5 Å². The molecule has 1 N–H and O–H groups in total. The molecular weight excluding hydrogens is 336 g/mol. The Labute approximate surface area is 153 Å². The Hall–Kier alpha value is -1.85. The number of anilines is 1. The van der Waals surface area contributed by atoms with Crippen LogP contribution < -0.4 is 5.32 Å². The summed E-state index contributed by atoms with van der Waals surface area (Å²) in [5.41, 5.74) is 5.26. The maximum atomic E-state index is 6.46. The fourth-order valence-electron chi connectivity index (χ4n) is 3.53. The Morgan fingerprint density at radius 1 is 1.28 bits per heavy atom. The fraction of sp³-hybridized carbons (Fsp3) is 0.474. The van der Waals surface area contributed by atoms with Crippen LogP contribution in [0.25, 0.3) is 16.2 Å². The quantitative estimate of drug-likeness (QED) is 0.887. The molecule has 1 fully saturated rings. The van der Waals surface area contributed by atoms with E-state index in [9.17, 15) is 0 Å². The van der Waals surface area contributed by atoms with E-state index < -0.39 is 0 Å². The highest BCUT2D eigenvalue weighted by molar-refractivity contribution is 6.50. The average Bonchev–Trinajstić information content (AvgIpc) is 3.23. The Balaban J connectivity index is 1.74. The van der Waals surface area contributed by atoms with E-state index in [1.54, 1.807) is 0 Å². The molecule has 1 aliphatic heterocycles. The lowest BCUT2D eigenvalue weighted by molar-refractivity contribution is 0.0662. The minimum Gasteiger partial charge on any atom is -0.382 e. The normalized spacial score (nSPS) is 17.7. The fourth-order valence-corrected chi connectivity index (χ4v) is 3.82. The number of hydrogen-bond donors (Lipinski definition) is 1. The highest BCUT2D eigenvalue weighted by Gasteiger charge is 2.23. The molecule has 4 rings (SSSR count). The van der Waals surface area contributed by atoms with Gasteiger partial charge in [-0.15, -0.1) is 0 Å². The van der Waals surface area contributed by atoms with E-state index in [1.807, 2.05) is 18.5 Å². The predicted molar refractivity (Wildman–Crippen MR) is 101 cm³/mol. The van der Waals surface area contributed by atoms with E-state index in [0.717, 1.165) is 65.6 Å². The second-order valence-electron chi connectivity index (χ2n) is 6.98.